The Kier molecular flexibility index (Phi) is 4.02. The number of hydrogen-bond donors (Lipinski definition) is 1. The van der Waals surface area contributed by atoms with Crippen LogP contribution in [0.1, 0.15) is 30.5 Å². The van der Waals surface area contributed by atoms with Crippen LogP contribution in [0.3, 0.4) is 0 Å². The molecule has 4 rings (SSSR count). The number of pyridine rings is 1. The number of aryl methyl sites for hydroxylation is 2. The van der Waals surface area contributed by atoms with Crippen LogP contribution >= 0.6 is 11.3 Å². The van der Waals surface area contributed by atoms with E-state index in [1.54, 1.807) is 17.7 Å². The average molecular weight is 340 g/mol. The van der Waals surface area contributed by atoms with Crippen LogP contribution in [0.25, 0.3) is 10.2 Å². The van der Waals surface area contributed by atoms with Gasteiger partial charge in [0.2, 0.25) is 0 Å². The van der Waals surface area contributed by atoms with E-state index >= 15 is 0 Å². The summed E-state index contributed by atoms with van der Waals surface area (Å²) in [6, 6.07) is 1.92. The van der Waals surface area contributed by atoms with Gasteiger partial charge in [-0.05, 0) is 38.7 Å². The van der Waals surface area contributed by atoms with Crippen molar-refractivity contribution in [3.05, 3.63) is 29.8 Å². The summed E-state index contributed by atoms with van der Waals surface area (Å²) in [6.45, 7) is 6.21. The SMILES string of the molecule is Cc1cc(Nc2ncc(C)c3nc(N4CCCCC4)sc23)ncn1. The van der Waals surface area contributed by atoms with Gasteiger partial charge in [-0.2, -0.15) is 0 Å². The first-order valence-electron chi connectivity index (χ1n) is 8.27. The second kappa shape index (κ2) is 6.32. The van der Waals surface area contributed by atoms with E-state index in [2.05, 4.69) is 32.1 Å². The quantitative estimate of drug-likeness (QED) is 0.781. The number of fused-ring (bicyclic) bond motifs is 1. The second-order valence-electron chi connectivity index (χ2n) is 6.18. The van der Waals surface area contributed by atoms with Crippen molar-refractivity contribution in [1.82, 2.24) is 19.9 Å². The summed E-state index contributed by atoms with van der Waals surface area (Å²) < 4.78 is 1.09. The first-order chi connectivity index (χ1) is 11.7. The molecule has 1 saturated heterocycles. The molecule has 0 radical (unpaired) electrons. The van der Waals surface area contributed by atoms with Crippen molar-refractivity contribution >= 4 is 38.3 Å². The van der Waals surface area contributed by atoms with Crippen molar-refractivity contribution in [3.8, 4) is 0 Å². The van der Waals surface area contributed by atoms with Gasteiger partial charge < -0.3 is 10.2 Å². The van der Waals surface area contributed by atoms with Gasteiger partial charge in [-0.25, -0.2) is 19.9 Å². The minimum Gasteiger partial charge on any atom is -0.348 e. The topological polar surface area (TPSA) is 66.8 Å². The molecule has 1 N–H and O–H groups in total. The van der Waals surface area contributed by atoms with Crippen LogP contribution in [0.15, 0.2) is 18.6 Å². The van der Waals surface area contributed by atoms with E-state index in [9.17, 15) is 0 Å². The number of aromatic nitrogens is 4. The zero-order chi connectivity index (χ0) is 16.5. The van der Waals surface area contributed by atoms with E-state index in [0.29, 0.717) is 0 Å². The van der Waals surface area contributed by atoms with Gasteiger partial charge in [0.1, 0.15) is 12.1 Å². The predicted molar refractivity (Wildman–Crippen MR) is 98.3 cm³/mol. The third-order valence-electron chi connectivity index (χ3n) is 4.27. The fraction of sp³-hybridized carbons (Fsp3) is 0.412. The number of nitrogens with one attached hydrogen (secondary N) is 1. The van der Waals surface area contributed by atoms with Crippen molar-refractivity contribution in [2.45, 2.75) is 33.1 Å². The molecule has 3 aromatic heterocycles. The molecule has 24 heavy (non-hydrogen) atoms. The summed E-state index contributed by atoms with van der Waals surface area (Å²) in [7, 11) is 0. The van der Waals surface area contributed by atoms with Crippen molar-refractivity contribution < 1.29 is 0 Å². The Labute approximate surface area is 145 Å². The lowest BCUT2D eigenvalue weighted by molar-refractivity contribution is 0.577. The highest BCUT2D eigenvalue weighted by Crippen LogP contribution is 2.36. The standard InChI is InChI=1S/C17H20N6S/c1-11-9-18-16(21-13-8-12(2)19-10-20-13)15-14(11)22-17(24-15)23-6-4-3-5-7-23/h8-10H,3-7H2,1-2H3,(H,18,19,20,21). The van der Waals surface area contributed by atoms with Crippen LogP contribution in [0, 0.1) is 13.8 Å². The molecule has 0 atom stereocenters. The normalized spacial score (nSPS) is 15.0. The van der Waals surface area contributed by atoms with Crippen molar-refractivity contribution in [3.63, 3.8) is 0 Å². The molecule has 6 nitrogen and oxygen atoms in total. The molecule has 1 aliphatic rings. The highest BCUT2D eigenvalue weighted by Gasteiger charge is 2.18. The molecule has 124 valence electrons. The number of nitrogens with zero attached hydrogens (tertiary/aromatic N) is 5. The van der Waals surface area contributed by atoms with Crippen LogP contribution in [0.5, 0.6) is 0 Å². The number of thiazole rings is 1. The van der Waals surface area contributed by atoms with Gasteiger partial charge in [-0.15, -0.1) is 0 Å². The molecule has 0 bridgehead atoms. The maximum atomic E-state index is 4.89. The highest BCUT2D eigenvalue weighted by atomic mass is 32.1. The van der Waals surface area contributed by atoms with Crippen molar-refractivity contribution in [1.29, 1.82) is 0 Å². The summed E-state index contributed by atoms with van der Waals surface area (Å²) in [5.74, 6) is 1.57. The maximum Gasteiger partial charge on any atom is 0.186 e. The Bertz CT molecular complexity index is 869. The van der Waals surface area contributed by atoms with Crippen LogP contribution in [0.2, 0.25) is 0 Å². The Morgan fingerprint density at radius 1 is 1.08 bits per heavy atom. The molecule has 0 amide bonds. The third-order valence-corrected chi connectivity index (χ3v) is 5.39. The fourth-order valence-corrected chi connectivity index (χ4v) is 4.11. The molecule has 7 heteroatoms. The van der Waals surface area contributed by atoms with E-state index in [1.165, 1.54) is 19.3 Å². The van der Waals surface area contributed by atoms with E-state index in [1.807, 2.05) is 19.2 Å². The lowest BCUT2D eigenvalue weighted by Gasteiger charge is -2.25. The van der Waals surface area contributed by atoms with Gasteiger partial charge >= 0.3 is 0 Å². The lowest BCUT2D eigenvalue weighted by Crippen LogP contribution is -2.29. The van der Waals surface area contributed by atoms with E-state index in [-0.39, 0.29) is 0 Å². The van der Waals surface area contributed by atoms with Crippen molar-refractivity contribution in [2.24, 2.45) is 0 Å². The number of rotatable bonds is 3. The summed E-state index contributed by atoms with van der Waals surface area (Å²) in [5.41, 5.74) is 3.06. The van der Waals surface area contributed by atoms with E-state index in [4.69, 9.17) is 4.98 Å². The molecule has 0 aromatic carbocycles. The Morgan fingerprint density at radius 3 is 2.71 bits per heavy atom. The smallest absolute Gasteiger partial charge is 0.186 e. The van der Waals surface area contributed by atoms with Gasteiger partial charge in [-0.1, -0.05) is 11.3 Å². The molecule has 1 fully saturated rings. The first-order valence-corrected chi connectivity index (χ1v) is 9.09. The van der Waals surface area contributed by atoms with Crippen LogP contribution < -0.4 is 10.2 Å². The molecule has 0 unspecified atom stereocenters. The summed E-state index contributed by atoms with van der Waals surface area (Å²) in [6.07, 6.45) is 7.26. The Morgan fingerprint density at radius 2 is 1.92 bits per heavy atom. The highest BCUT2D eigenvalue weighted by molar-refractivity contribution is 7.22. The zero-order valence-corrected chi connectivity index (χ0v) is 14.7. The van der Waals surface area contributed by atoms with Crippen LogP contribution in [0.4, 0.5) is 16.8 Å². The van der Waals surface area contributed by atoms with Crippen molar-refractivity contribution in [2.75, 3.05) is 23.3 Å². The molecule has 3 aromatic rings. The van der Waals surface area contributed by atoms with Gasteiger partial charge in [-0.3, -0.25) is 0 Å². The van der Waals surface area contributed by atoms with E-state index < -0.39 is 0 Å². The Balaban J connectivity index is 1.73. The fourth-order valence-electron chi connectivity index (χ4n) is 2.97. The molecule has 1 aliphatic heterocycles. The lowest BCUT2D eigenvalue weighted by atomic mass is 10.1. The van der Waals surface area contributed by atoms with Gasteiger partial charge in [0.25, 0.3) is 0 Å². The minimum atomic E-state index is 0.757. The van der Waals surface area contributed by atoms with Gasteiger partial charge in [0.15, 0.2) is 10.9 Å². The summed E-state index contributed by atoms with van der Waals surface area (Å²) >= 11 is 1.71. The molecule has 0 aliphatic carbocycles. The predicted octanol–water partition coefficient (Wildman–Crippen LogP) is 3.83. The molecule has 0 spiro atoms. The average Bonchev–Trinajstić information content (AvgIpc) is 3.05. The van der Waals surface area contributed by atoms with Gasteiger partial charge in [0, 0.05) is 31.0 Å². The third kappa shape index (κ3) is 2.91. The molecular formula is C17H20N6S. The summed E-state index contributed by atoms with van der Waals surface area (Å²) in [4.78, 5) is 20.3. The van der Waals surface area contributed by atoms with Crippen LogP contribution in [-0.2, 0) is 0 Å². The number of piperidine rings is 1. The Hall–Kier alpha value is -2.28. The molecule has 0 saturated carbocycles. The monoisotopic (exact) mass is 340 g/mol. The van der Waals surface area contributed by atoms with Gasteiger partial charge in [0.05, 0.1) is 10.2 Å². The first kappa shape index (κ1) is 15.3. The van der Waals surface area contributed by atoms with Crippen LogP contribution in [-0.4, -0.2) is 33.0 Å². The maximum absolute atomic E-state index is 4.89. The minimum absolute atomic E-state index is 0.757. The molecule has 4 heterocycles. The number of anilines is 3. The zero-order valence-electron chi connectivity index (χ0n) is 13.9. The summed E-state index contributed by atoms with van der Waals surface area (Å²) in [5, 5.41) is 4.42. The molecular weight excluding hydrogens is 320 g/mol. The largest absolute Gasteiger partial charge is 0.348 e. The number of hydrogen-bond acceptors (Lipinski definition) is 7. The second-order valence-corrected chi connectivity index (χ2v) is 7.16. The van der Waals surface area contributed by atoms with E-state index in [0.717, 1.165) is 51.3 Å².